The molecule has 0 bridgehead atoms. The maximum atomic E-state index is 12.7. The van der Waals surface area contributed by atoms with Crippen molar-refractivity contribution in [1.82, 2.24) is 4.90 Å². The minimum Gasteiger partial charge on any atom is -0.344 e. The summed E-state index contributed by atoms with van der Waals surface area (Å²) in [4.78, 5) is 17.7. The molecule has 2 heterocycles. The molecule has 5 heteroatoms. The van der Waals surface area contributed by atoms with Crippen molar-refractivity contribution in [2.45, 2.75) is 58.8 Å². The maximum Gasteiger partial charge on any atom is 0.266 e. The Morgan fingerprint density at radius 3 is 2.54 bits per heavy atom. The highest BCUT2D eigenvalue weighted by molar-refractivity contribution is 8.26. The van der Waals surface area contributed by atoms with Crippen molar-refractivity contribution < 1.29 is 4.79 Å². The number of hydrogen-bond donors (Lipinski definition) is 0. The van der Waals surface area contributed by atoms with E-state index in [0.717, 1.165) is 30.7 Å². The normalized spacial score (nSPS) is 25.5. The summed E-state index contributed by atoms with van der Waals surface area (Å²) in [5, 5.41) is 2.66. The molecule has 2 aromatic carbocycles. The van der Waals surface area contributed by atoms with Gasteiger partial charge in [0.1, 0.15) is 4.32 Å². The molecule has 4 aliphatic rings. The second-order valence-electron chi connectivity index (χ2n) is 11.4. The fraction of sp³-hybridized carbons (Fsp3) is 0.353. The Bertz CT molecular complexity index is 1540. The standard InChI is InChI=1S/C34H36N2OS2/c1-5-35-28-17-16-25-9-7-8-10-27(25)31(28)34(3,4)30(35)18-13-22-11-14-24-15-12-23(20-26(24)19-22)21-29-32(37)36(6-2)33(38)39-29/h7-10,13,16-21,24H,5-6,11-12,14-15H2,1-4H3. The van der Waals surface area contributed by atoms with Gasteiger partial charge in [0.05, 0.1) is 4.91 Å². The number of likely N-dealkylation sites (N-methyl/N-ethyl adjacent to an activating group) is 2. The largest absolute Gasteiger partial charge is 0.344 e. The van der Waals surface area contributed by atoms with Crippen molar-refractivity contribution in [1.29, 1.82) is 0 Å². The number of rotatable bonds is 4. The zero-order valence-electron chi connectivity index (χ0n) is 23.3. The molecule has 2 aromatic rings. The third-order valence-electron chi connectivity index (χ3n) is 8.77. The quantitative estimate of drug-likeness (QED) is 0.280. The number of carbonyl (C=O) groups is 1. The third-order valence-corrected chi connectivity index (χ3v) is 10.1. The predicted molar refractivity (Wildman–Crippen MR) is 170 cm³/mol. The molecule has 1 unspecified atom stereocenters. The van der Waals surface area contributed by atoms with Gasteiger partial charge >= 0.3 is 0 Å². The Kier molecular flexibility index (Phi) is 6.93. The highest BCUT2D eigenvalue weighted by Gasteiger charge is 2.40. The molecule has 39 heavy (non-hydrogen) atoms. The van der Waals surface area contributed by atoms with Gasteiger partial charge in [-0.05, 0) is 96.7 Å². The predicted octanol–water partition coefficient (Wildman–Crippen LogP) is 8.59. The fourth-order valence-corrected chi connectivity index (χ4v) is 8.16. The molecule has 2 aliphatic heterocycles. The molecule has 1 amide bonds. The Morgan fingerprint density at radius 2 is 1.77 bits per heavy atom. The highest BCUT2D eigenvalue weighted by atomic mass is 32.2. The number of nitrogens with zero attached hydrogens (tertiary/aromatic N) is 2. The summed E-state index contributed by atoms with van der Waals surface area (Å²) < 4.78 is 0.671. The molecular formula is C34H36N2OS2. The van der Waals surface area contributed by atoms with Crippen LogP contribution in [0.1, 0.15) is 58.9 Å². The van der Waals surface area contributed by atoms with E-state index in [0.29, 0.717) is 16.8 Å². The van der Waals surface area contributed by atoms with E-state index < -0.39 is 0 Å². The molecule has 0 aromatic heterocycles. The van der Waals surface area contributed by atoms with E-state index >= 15 is 0 Å². The van der Waals surface area contributed by atoms with Gasteiger partial charge in [0.25, 0.3) is 5.91 Å². The molecule has 0 spiro atoms. The summed E-state index contributed by atoms with van der Waals surface area (Å²) in [6, 6.07) is 13.3. The number of hydrogen-bond acceptors (Lipinski definition) is 4. The lowest BCUT2D eigenvalue weighted by Gasteiger charge is -2.29. The summed E-state index contributed by atoms with van der Waals surface area (Å²) >= 11 is 6.84. The first-order valence-electron chi connectivity index (χ1n) is 14.2. The van der Waals surface area contributed by atoms with Gasteiger partial charge in [-0.2, -0.15) is 0 Å². The SMILES string of the molecule is CCN1C(=O)C(=CC2=CC3=CC(=CC=C4N(CC)c5ccc6ccccc6c5C4(C)C)CCC3CC2)SC1=S. The van der Waals surface area contributed by atoms with Crippen molar-refractivity contribution in [3.8, 4) is 0 Å². The van der Waals surface area contributed by atoms with Crippen molar-refractivity contribution in [3.05, 3.63) is 99.7 Å². The van der Waals surface area contributed by atoms with Crippen LogP contribution in [-0.2, 0) is 10.2 Å². The molecule has 0 N–H and O–H groups in total. The first-order valence-corrected chi connectivity index (χ1v) is 15.4. The van der Waals surface area contributed by atoms with Gasteiger partial charge in [0, 0.05) is 29.9 Å². The van der Waals surface area contributed by atoms with E-state index in [2.05, 4.69) is 92.4 Å². The molecule has 1 fully saturated rings. The highest BCUT2D eigenvalue weighted by Crippen LogP contribution is 2.50. The van der Waals surface area contributed by atoms with Crippen LogP contribution in [0, 0.1) is 5.92 Å². The number of anilines is 1. The van der Waals surface area contributed by atoms with Gasteiger partial charge in [0.15, 0.2) is 0 Å². The third kappa shape index (κ3) is 4.54. The van der Waals surface area contributed by atoms with E-state index in [1.807, 2.05) is 6.92 Å². The number of carbonyl (C=O) groups excluding carboxylic acids is 1. The summed E-state index contributed by atoms with van der Waals surface area (Å²) in [5.74, 6) is 0.663. The number of fused-ring (bicyclic) bond motifs is 4. The van der Waals surface area contributed by atoms with Crippen LogP contribution >= 0.6 is 24.0 Å². The van der Waals surface area contributed by atoms with Crippen LogP contribution in [0.5, 0.6) is 0 Å². The average Bonchev–Trinajstić information content (AvgIpc) is 3.33. The summed E-state index contributed by atoms with van der Waals surface area (Å²) in [6.07, 6.45) is 16.0. The lowest BCUT2D eigenvalue weighted by Crippen LogP contribution is -2.27. The monoisotopic (exact) mass is 552 g/mol. The summed E-state index contributed by atoms with van der Waals surface area (Å²) in [5.41, 5.74) is 8.09. The molecule has 0 radical (unpaired) electrons. The molecule has 3 nitrogen and oxygen atoms in total. The average molecular weight is 553 g/mol. The Morgan fingerprint density at radius 1 is 1.00 bits per heavy atom. The van der Waals surface area contributed by atoms with Crippen LogP contribution in [-0.4, -0.2) is 28.2 Å². The number of thioether (sulfide) groups is 1. The van der Waals surface area contributed by atoms with E-state index in [-0.39, 0.29) is 11.3 Å². The molecule has 200 valence electrons. The van der Waals surface area contributed by atoms with Gasteiger partial charge in [-0.1, -0.05) is 86.4 Å². The molecule has 6 rings (SSSR count). The smallest absolute Gasteiger partial charge is 0.266 e. The van der Waals surface area contributed by atoms with Crippen LogP contribution in [0.3, 0.4) is 0 Å². The van der Waals surface area contributed by atoms with Crippen LogP contribution < -0.4 is 4.90 Å². The zero-order chi connectivity index (χ0) is 27.3. The summed E-state index contributed by atoms with van der Waals surface area (Å²) in [6.45, 7) is 10.5. The van der Waals surface area contributed by atoms with E-state index in [1.54, 1.807) is 4.90 Å². The maximum absolute atomic E-state index is 12.7. The summed E-state index contributed by atoms with van der Waals surface area (Å²) in [7, 11) is 0. The van der Waals surface area contributed by atoms with E-state index in [4.69, 9.17) is 12.2 Å². The van der Waals surface area contributed by atoms with E-state index in [1.165, 1.54) is 62.6 Å². The van der Waals surface area contributed by atoms with Crippen molar-refractivity contribution >= 4 is 50.7 Å². The van der Waals surface area contributed by atoms with Gasteiger partial charge in [-0.25, -0.2) is 0 Å². The van der Waals surface area contributed by atoms with Crippen molar-refractivity contribution in [2.24, 2.45) is 5.92 Å². The van der Waals surface area contributed by atoms with Gasteiger partial charge in [0.2, 0.25) is 0 Å². The van der Waals surface area contributed by atoms with Gasteiger partial charge < -0.3 is 4.90 Å². The van der Waals surface area contributed by atoms with E-state index in [9.17, 15) is 4.79 Å². The Labute approximate surface area is 242 Å². The number of benzene rings is 2. The second-order valence-corrected chi connectivity index (χ2v) is 13.1. The molecular weight excluding hydrogens is 517 g/mol. The zero-order valence-corrected chi connectivity index (χ0v) is 24.9. The molecule has 0 saturated carbocycles. The lowest BCUT2D eigenvalue weighted by molar-refractivity contribution is -0.122. The minimum absolute atomic E-state index is 0.0498. The van der Waals surface area contributed by atoms with Gasteiger partial charge in [-0.15, -0.1) is 0 Å². The van der Waals surface area contributed by atoms with Crippen molar-refractivity contribution in [2.75, 3.05) is 18.0 Å². The Hall–Kier alpha value is -2.89. The minimum atomic E-state index is -0.0733. The lowest BCUT2D eigenvalue weighted by atomic mass is 9.77. The van der Waals surface area contributed by atoms with Gasteiger partial charge in [-0.3, -0.25) is 9.69 Å². The number of allylic oxidation sites excluding steroid dienone is 9. The number of amides is 1. The molecule has 1 atom stereocenters. The topological polar surface area (TPSA) is 23.6 Å². The fourth-order valence-electron chi connectivity index (χ4n) is 6.76. The Balaban J connectivity index is 1.32. The van der Waals surface area contributed by atoms with Crippen LogP contribution in [0.25, 0.3) is 10.8 Å². The first kappa shape index (κ1) is 26.3. The first-order chi connectivity index (χ1) is 18.8. The molecule has 2 aliphatic carbocycles. The second kappa shape index (κ2) is 10.3. The van der Waals surface area contributed by atoms with Crippen molar-refractivity contribution in [3.63, 3.8) is 0 Å². The van der Waals surface area contributed by atoms with Crippen LogP contribution in [0.15, 0.2) is 94.1 Å². The number of thiocarbonyl (C=S) groups is 1. The van der Waals surface area contributed by atoms with Crippen LogP contribution in [0.2, 0.25) is 0 Å². The van der Waals surface area contributed by atoms with Crippen LogP contribution in [0.4, 0.5) is 5.69 Å². The molecule has 1 saturated heterocycles.